The molecule has 3 rings (SSSR count). The second kappa shape index (κ2) is 3.74. The molecule has 2 atom stereocenters. The number of aromatic hydroxyl groups is 1. The number of fused-ring (bicyclic) bond motifs is 2. The molecule has 1 aliphatic carbocycles. The highest BCUT2D eigenvalue weighted by molar-refractivity contribution is 5.43. The molecular weight excluding hydrogens is 210 g/mol. The van der Waals surface area contributed by atoms with E-state index in [0.717, 1.165) is 13.0 Å². The molecule has 1 fully saturated rings. The summed E-state index contributed by atoms with van der Waals surface area (Å²) in [4.78, 5) is 0. The van der Waals surface area contributed by atoms with E-state index in [4.69, 9.17) is 0 Å². The van der Waals surface area contributed by atoms with E-state index in [-0.39, 0.29) is 5.41 Å². The number of phenolic OH excluding ortho intramolecular Hbond substituents is 1. The second-order valence-corrected chi connectivity index (χ2v) is 6.08. The molecule has 2 unspecified atom stereocenters. The highest BCUT2D eigenvalue weighted by Crippen LogP contribution is 2.45. The molecule has 1 saturated heterocycles. The number of rotatable bonds is 0. The Morgan fingerprint density at radius 3 is 3.00 bits per heavy atom. The molecular formula is C15H21NO. The van der Waals surface area contributed by atoms with Crippen molar-refractivity contribution >= 4 is 0 Å². The van der Waals surface area contributed by atoms with Gasteiger partial charge in [-0.3, -0.25) is 0 Å². The fourth-order valence-electron chi connectivity index (χ4n) is 3.81. The molecule has 2 N–H and O–H groups in total. The van der Waals surface area contributed by atoms with E-state index in [9.17, 15) is 5.11 Å². The molecule has 0 spiro atoms. The van der Waals surface area contributed by atoms with Crippen LogP contribution >= 0.6 is 0 Å². The van der Waals surface area contributed by atoms with Crippen molar-refractivity contribution in [1.82, 2.24) is 5.32 Å². The lowest BCUT2D eigenvalue weighted by Crippen LogP contribution is -2.53. The summed E-state index contributed by atoms with van der Waals surface area (Å²) in [6.45, 7) is 5.81. The van der Waals surface area contributed by atoms with Crippen LogP contribution < -0.4 is 5.32 Å². The Kier molecular flexibility index (Phi) is 2.44. The van der Waals surface area contributed by atoms with Gasteiger partial charge >= 0.3 is 0 Å². The number of hydrogen-bond donors (Lipinski definition) is 2. The summed E-state index contributed by atoms with van der Waals surface area (Å²) in [6.07, 6.45) is 3.70. The highest BCUT2D eigenvalue weighted by atomic mass is 16.3. The van der Waals surface area contributed by atoms with Gasteiger partial charge in [-0.05, 0) is 60.4 Å². The van der Waals surface area contributed by atoms with Crippen molar-refractivity contribution in [3.8, 4) is 5.75 Å². The van der Waals surface area contributed by atoms with Gasteiger partial charge in [0.15, 0.2) is 0 Å². The van der Waals surface area contributed by atoms with E-state index >= 15 is 0 Å². The smallest absolute Gasteiger partial charge is 0.115 e. The summed E-state index contributed by atoms with van der Waals surface area (Å²) in [6, 6.07) is 6.51. The zero-order valence-electron chi connectivity index (χ0n) is 10.7. The van der Waals surface area contributed by atoms with E-state index in [0.29, 0.717) is 17.7 Å². The summed E-state index contributed by atoms with van der Waals surface area (Å²) >= 11 is 0. The number of piperidine rings is 1. The maximum atomic E-state index is 9.70. The van der Waals surface area contributed by atoms with Gasteiger partial charge < -0.3 is 10.4 Å². The Morgan fingerprint density at radius 2 is 2.18 bits per heavy atom. The third-order valence-corrected chi connectivity index (χ3v) is 4.74. The lowest BCUT2D eigenvalue weighted by molar-refractivity contribution is 0.168. The lowest BCUT2D eigenvalue weighted by Gasteiger charge is -2.48. The van der Waals surface area contributed by atoms with Gasteiger partial charge in [-0.1, -0.05) is 19.9 Å². The zero-order chi connectivity index (χ0) is 12.0. The van der Waals surface area contributed by atoms with E-state index in [1.54, 1.807) is 0 Å². The summed E-state index contributed by atoms with van der Waals surface area (Å²) in [5, 5.41) is 13.4. The average Bonchev–Trinajstić information content (AvgIpc) is 2.31. The molecule has 1 aromatic carbocycles. The fourth-order valence-corrected chi connectivity index (χ4v) is 3.81. The molecule has 0 aromatic heterocycles. The minimum atomic E-state index is 0.171. The van der Waals surface area contributed by atoms with Gasteiger partial charge in [-0.2, -0.15) is 0 Å². The van der Waals surface area contributed by atoms with E-state index in [2.05, 4.69) is 25.2 Å². The quantitative estimate of drug-likeness (QED) is 0.719. The largest absolute Gasteiger partial charge is 0.508 e. The Bertz CT molecular complexity index is 439. The summed E-state index contributed by atoms with van der Waals surface area (Å²) in [5.74, 6) is 1.10. The normalized spacial score (nSPS) is 30.5. The average molecular weight is 231 g/mol. The summed E-state index contributed by atoms with van der Waals surface area (Å²) in [5.41, 5.74) is 2.93. The Balaban J connectivity index is 2.08. The number of benzene rings is 1. The lowest BCUT2D eigenvalue weighted by atomic mass is 9.61. The Labute approximate surface area is 103 Å². The van der Waals surface area contributed by atoms with Crippen molar-refractivity contribution in [2.24, 2.45) is 5.92 Å². The minimum Gasteiger partial charge on any atom is -0.508 e. The van der Waals surface area contributed by atoms with Crippen molar-refractivity contribution in [2.75, 3.05) is 6.54 Å². The molecule has 1 heterocycles. The number of hydrogen-bond acceptors (Lipinski definition) is 2. The first-order valence-electron chi connectivity index (χ1n) is 6.65. The van der Waals surface area contributed by atoms with Gasteiger partial charge in [0, 0.05) is 6.04 Å². The van der Waals surface area contributed by atoms with Gasteiger partial charge in [0.05, 0.1) is 0 Å². The molecule has 2 aliphatic rings. The molecule has 0 saturated carbocycles. The topological polar surface area (TPSA) is 32.3 Å². The fraction of sp³-hybridized carbons (Fsp3) is 0.600. The van der Waals surface area contributed by atoms with Crippen molar-refractivity contribution in [2.45, 2.75) is 44.6 Å². The third kappa shape index (κ3) is 1.66. The maximum Gasteiger partial charge on any atom is 0.115 e. The van der Waals surface area contributed by atoms with Gasteiger partial charge in [-0.25, -0.2) is 0 Å². The van der Waals surface area contributed by atoms with Crippen molar-refractivity contribution in [3.05, 3.63) is 29.3 Å². The molecule has 1 aromatic rings. The molecule has 0 radical (unpaired) electrons. The van der Waals surface area contributed by atoms with E-state index in [1.807, 2.05) is 12.1 Å². The van der Waals surface area contributed by atoms with Gasteiger partial charge in [0.1, 0.15) is 5.75 Å². The van der Waals surface area contributed by atoms with Crippen molar-refractivity contribution < 1.29 is 5.11 Å². The minimum absolute atomic E-state index is 0.171. The van der Waals surface area contributed by atoms with Crippen LogP contribution in [0, 0.1) is 5.92 Å². The first-order chi connectivity index (χ1) is 8.09. The molecule has 0 amide bonds. The second-order valence-electron chi connectivity index (χ2n) is 6.08. The van der Waals surface area contributed by atoms with Crippen molar-refractivity contribution in [3.63, 3.8) is 0 Å². The van der Waals surface area contributed by atoms with Crippen LogP contribution in [0.3, 0.4) is 0 Å². The first kappa shape index (κ1) is 11.1. The molecule has 1 aliphatic heterocycles. The Morgan fingerprint density at radius 1 is 1.35 bits per heavy atom. The summed E-state index contributed by atoms with van der Waals surface area (Å²) in [7, 11) is 0. The van der Waals surface area contributed by atoms with Crippen LogP contribution in [0.2, 0.25) is 0 Å². The van der Waals surface area contributed by atoms with Crippen LogP contribution in [-0.2, 0) is 11.8 Å². The van der Waals surface area contributed by atoms with E-state index in [1.165, 1.54) is 24.0 Å². The van der Waals surface area contributed by atoms with Gasteiger partial charge in [-0.15, -0.1) is 0 Å². The third-order valence-electron chi connectivity index (χ3n) is 4.74. The van der Waals surface area contributed by atoms with Crippen LogP contribution in [0.1, 0.15) is 37.8 Å². The van der Waals surface area contributed by atoms with Crippen LogP contribution in [0.15, 0.2) is 18.2 Å². The molecule has 17 heavy (non-hydrogen) atoms. The Hall–Kier alpha value is -1.02. The van der Waals surface area contributed by atoms with E-state index < -0.39 is 0 Å². The maximum absolute atomic E-state index is 9.70. The first-order valence-corrected chi connectivity index (χ1v) is 6.65. The predicted octanol–water partition coefficient (Wildman–Crippen LogP) is 2.59. The number of phenols is 1. The van der Waals surface area contributed by atoms with Crippen LogP contribution in [0.4, 0.5) is 0 Å². The van der Waals surface area contributed by atoms with Crippen LogP contribution in [-0.4, -0.2) is 17.7 Å². The molecule has 92 valence electrons. The standard InChI is InChI=1S/C15H21NO/c1-15(2)12-4-3-7-16-14(12)8-10-5-6-11(17)9-13(10)15/h5-6,9,12,14,16-17H,3-4,7-8H2,1-2H3. The zero-order valence-corrected chi connectivity index (χ0v) is 10.7. The predicted molar refractivity (Wildman–Crippen MR) is 69.4 cm³/mol. The monoisotopic (exact) mass is 231 g/mol. The van der Waals surface area contributed by atoms with Gasteiger partial charge in [0.25, 0.3) is 0 Å². The number of nitrogens with one attached hydrogen (secondary N) is 1. The molecule has 2 nitrogen and oxygen atoms in total. The van der Waals surface area contributed by atoms with Crippen LogP contribution in [0.25, 0.3) is 0 Å². The molecule has 2 heteroatoms. The summed E-state index contributed by atoms with van der Waals surface area (Å²) < 4.78 is 0. The van der Waals surface area contributed by atoms with Gasteiger partial charge in [0.2, 0.25) is 0 Å². The van der Waals surface area contributed by atoms with Crippen LogP contribution in [0.5, 0.6) is 5.75 Å². The SMILES string of the molecule is CC1(C)c2cc(O)ccc2CC2NCCCC21. The highest BCUT2D eigenvalue weighted by Gasteiger charge is 2.43. The van der Waals surface area contributed by atoms with Crippen molar-refractivity contribution in [1.29, 1.82) is 0 Å². The molecule has 0 bridgehead atoms.